The minimum Gasteiger partial charge on any atom is -0.465 e. The number of carbonyl (C=O) groups excluding carboxylic acids is 2. The van der Waals surface area contributed by atoms with E-state index in [4.69, 9.17) is 5.73 Å². The Hall–Kier alpha value is -1.95. The highest BCUT2D eigenvalue weighted by Gasteiger charge is 2.37. The summed E-state index contributed by atoms with van der Waals surface area (Å²) in [5, 5.41) is 2.54. The second-order valence-electron chi connectivity index (χ2n) is 5.00. The summed E-state index contributed by atoms with van der Waals surface area (Å²) in [7, 11) is 1.22. The molecule has 0 saturated heterocycles. The molecule has 0 spiro atoms. The Kier molecular flexibility index (Phi) is 4.04. The van der Waals surface area contributed by atoms with Gasteiger partial charge < -0.3 is 15.8 Å². The van der Waals surface area contributed by atoms with Gasteiger partial charge in [0.15, 0.2) is 0 Å². The third kappa shape index (κ3) is 2.80. The average molecular weight is 280 g/mol. The summed E-state index contributed by atoms with van der Waals surface area (Å²) in [6, 6.07) is 3.49. The highest BCUT2D eigenvalue weighted by Crippen LogP contribution is 2.29. The molecule has 0 heterocycles. The number of nitrogens with one attached hydrogen (secondary N) is 1. The number of ether oxygens (including phenoxy) is 1. The molecule has 108 valence electrons. The van der Waals surface area contributed by atoms with Crippen molar-refractivity contribution < 1.29 is 18.7 Å². The Morgan fingerprint density at radius 1 is 1.35 bits per heavy atom. The first-order valence-corrected chi connectivity index (χ1v) is 6.44. The lowest BCUT2D eigenvalue weighted by Crippen LogP contribution is -2.48. The van der Waals surface area contributed by atoms with Gasteiger partial charge in [-0.3, -0.25) is 4.79 Å². The van der Waals surface area contributed by atoms with Crippen molar-refractivity contribution in [2.45, 2.75) is 31.2 Å². The molecular weight excluding hydrogens is 263 g/mol. The van der Waals surface area contributed by atoms with Crippen LogP contribution in [-0.2, 0) is 9.53 Å². The van der Waals surface area contributed by atoms with Crippen molar-refractivity contribution in [1.82, 2.24) is 0 Å². The maximum absolute atomic E-state index is 13.3. The van der Waals surface area contributed by atoms with Crippen LogP contribution in [0.4, 0.5) is 10.1 Å². The predicted molar refractivity (Wildman–Crippen MR) is 71.8 cm³/mol. The van der Waals surface area contributed by atoms with E-state index in [2.05, 4.69) is 10.1 Å². The number of benzene rings is 1. The summed E-state index contributed by atoms with van der Waals surface area (Å²) in [6.45, 7) is 0. The fourth-order valence-corrected chi connectivity index (χ4v) is 2.39. The Morgan fingerprint density at radius 2 is 2.00 bits per heavy atom. The third-order valence-electron chi connectivity index (χ3n) is 3.58. The molecule has 0 unspecified atom stereocenters. The molecule has 1 aliphatic carbocycles. The Bertz CT molecular complexity index is 539. The number of carbonyl (C=O) groups is 2. The molecule has 1 saturated carbocycles. The van der Waals surface area contributed by atoms with Gasteiger partial charge in [-0.1, -0.05) is 12.8 Å². The zero-order chi connectivity index (χ0) is 14.8. The number of amides is 1. The van der Waals surface area contributed by atoms with Gasteiger partial charge in [-0.15, -0.1) is 0 Å². The number of esters is 1. The molecule has 1 aliphatic rings. The number of hydrogen-bond donors (Lipinski definition) is 2. The van der Waals surface area contributed by atoms with Crippen LogP contribution in [0.15, 0.2) is 18.2 Å². The fraction of sp³-hybridized carbons (Fsp3) is 0.429. The lowest BCUT2D eigenvalue weighted by atomic mass is 9.97. The minimum absolute atomic E-state index is 0.0820. The van der Waals surface area contributed by atoms with E-state index in [0.717, 1.165) is 25.0 Å². The van der Waals surface area contributed by atoms with Gasteiger partial charge in [0.1, 0.15) is 5.82 Å². The number of nitrogens with two attached hydrogens (primary N) is 1. The van der Waals surface area contributed by atoms with Gasteiger partial charge in [0, 0.05) is 0 Å². The third-order valence-corrected chi connectivity index (χ3v) is 3.58. The standard InChI is InChI=1S/C14H17FN2O3/c1-20-12(18)10-5-4-9(15)8-11(10)17-13(19)14(16)6-2-3-7-14/h4-5,8H,2-3,6-7,16H2,1H3,(H,17,19). The van der Waals surface area contributed by atoms with Crippen LogP contribution in [-0.4, -0.2) is 24.5 Å². The van der Waals surface area contributed by atoms with E-state index in [9.17, 15) is 14.0 Å². The van der Waals surface area contributed by atoms with E-state index in [1.54, 1.807) is 0 Å². The van der Waals surface area contributed by atoms with E-state index >= 15 is 0 Å². The molecule has 1 aromatic carbocycles. The second kappa shape index (κ2) is 5.58. The highest BCUT2D eigenvalue weighted by atomic mass is 19.1. The molecule has 3 N–H and O–H groups in total. The first kappa shape index (κ1) is 14.5. The van der Waals surface area contributed by atoms with E-state index in [1.807, 2.05) is 0 Å². The Morgan fingerprint density at radius 3 is 2.60 bits per heavy atom. The van der Waals surface area contributed by atoms with E-state index < -0.39 is 23.2 Å². The van der Waals surface area contributed by atoms with Crippen molar-refractivity contribution in [2.75, 3.05) is 12.4 Å². The topological polar surface area (TPSA) is 81.4 Å². The maximum atomic E-state index is 13.3. The first-order chi connectivity index (χ1) is 9.46. The monoisotopic (exact) mass is 280 g/mol. The van der Waals surface area contributed by atoms with Crippen LogP contribution < -0.4 is 11.1 Å². The zero-order valence-electron chi connectivity index (χ0n) is 11.2. The van der Waals surface area contributed by atoms with Gasteiger partial charge in [-0.2, -0.15) is 0 Å². The van der Waals surface area contributed by atoms with Crippen molar-refractivity contribution in [1.29, 1.82) is 0 Å². The number of anilines is 1. The average Bonchev–Trinajstić information content (AvgIpc) is 2.86. The number of halogens is 1. The Labute approximate surface area is 116 Å². The molecule has 0 radical (unpaired) electrons. The van der Waals surface area contributed by atoms with Crippen LogP contribution in [0.1, 0.15) is 36.0 Å². The van der Waals surface area contributed by atoms with Crippen LogP contribution >= 0.6 is 0 Å². The summed E-state index contributed by atoms with van der Waals surface area (Å²) < 4.78 is 17.9. The molecular formula is C14H17FN2O3. The first-order valence-electron chi connectivity index (χ1n) is 6.44. The van der Waals surface area contributed by atoms with Gasteiger partial charge in [-0.25, -0.2) is 9.18 Å². The van der Waals surface area contributed by atoms with Crippen molar-refractivity contribution in [2.24, 2.45) is 5.73 Å². The van der Waals surface area contributed by atoms with Gasteiger partial charge in [0.05, 0.1) is 23.9 Å². The van der Waals surface area contributed by atoms with E-state index in [-0.39, 0.29) is 11.3 Å². The zero-order valence-corrected chi connectivity index (χ0v) is 11.2. The molecule has 2 rings (SSSR count). The quantitative estimate of drug-likeness (QED) is 0.827. The SMILES string of the molecule is COC(=O)c1ccc(F)cc1NC(=O)C1(N)CCCC1. The van der Waals surface area contributed by atoms with Gasteiger partial charge in [0.25, 0.3) is 0 Å². The van der Waals surface area contributed by atoms with Gasteiger partial charge in [-0.05, 0) is 31.0 Å². The van der Waals surface area contributed by atoms with Crippen LogP contribution in [0.25, 0.3) is 0 Å². The molecule has 0 atom stereocenters. The van der Waals surface area contributed by atoms with Crippen LogP contribution in [0.2, 0.25) is 0 Å². The van der Waals surface area contributed by atoms with Crippen LogP contribution in [0, 0.1) is 5.82 Å². The fourth-order valence-electron chi connectivity index (χ4n) is 2.39. The molecule has 5 nitrogen and oxygen atoms in total. The number of rotatable bonds is 3. The van der Waals surface area contributed by atoms with Crippen LogP contribution in [0.5, 0.6) is 0 Å². The van der Waals surface area contributed by atoms with Crippen molar-refractivity contribution >= 4 is 17.6 Å². The molecule has 1 amide bonds. The largest absolute Gasteiger partial charge is 0.465 e. The molecule has 0 aromatic heterocycles. The van der Waals surface area contributed by atoms with Gasteiger partial charge >= 0.3 is 5.97 Å². The maximum Gasteiger partial charge on any atom is 0.339 e. The molecule has 1 fully saturated rings. The van der Waals surface area contributed by atoms with Crippen molar-refractivity contribution in [3.05, 3.63) is 29.6 Å². The molecule has 1 aromatic rings. The molecule has 0 aliphatic heterocycles. The molecule has 6 heteroatoms. The normalized spacial score (nSPS) is 16.8. The number of hydrogen-bond acceptors (Lipinski definition) is 4. The lowest BCUT2D eigenvalue weighted by Gasteiger charge is -2.23. The summed E-state index contributed by atoms with van der Waals surface area (Å²) in [6.07, 6.45) is 2.94. The van der Waals surface area contributed by atoms with Gasteiger partial charge in [0.2, 0.25) is 5.91 Å². The predicted octanol–water partition coefficient (Wildman–Crippen LogP) is 1.82. The summed E-state index contributed by atoms with van der Waals surface area (Å²) >= 11 is 0. The second-order valence-corrected chi connectivity index (χ2v) is 5.00. The minimum atomic E-state index is -0.945. The Balaban J connectivity index is 2.26. The number of methoxy groups -OCH3 is 1. The van der Waals surface area contributed by atoms with Crippen molar-refractivity contribution in [3.8, 4) is 0 Å². The smallest absolute Gasteiger partial charge is 0.339 e. The van der Waals surface area contributed by atoms with E-state index in [1.165, 1.54) is 13.2 Å². The molecule has 0 bridgehead atoms. The van der Waals surface area contributed by atoms with E-state index in [0.29, 0.717) is 12.8 Å². The van der Waals surface area contributed by atoms with Crippen molar-refractivity contribution in [3.63, 3.8) is 0 Å². The van der Waals surface area contributed by atoms with Crippen LogP contribution in [0.3, 0.4) is 0 Å². The highest BCUT2D eigenvalue weighted by molar-refractivity contribution is 6.04. The summed E-state index contributed by atoms with van der Waals surface area (Å²) in [4.78, 5) is 23.8. The summed E-state index contributed by atoms with van der Waals surface area (Å²) in [5.41, 5.74) is 5.26. The summed E-state index contributed by atoms with van der Waals surface area (Å²) in [5.74, 6) is -1.59. The lowest BCUT2D eigenvalue weighted by molar-refractivity contribution is -0.121. The molecule has 20 heavy (non-hydrogen) atoms.